The van der Waals surface area contributed by atoms with Gasteiger partial charge in [0, 0.05) is 13.0 Å². The van der Waals surface area contributed by atoms with E-state index in [4.69, 9.17) is 11.0 Å². The van der Waals surface area contributed by atoms with Crippen molar-refractivity contribution in [2.45, 2.75) is 17.7 Å². The van der Waals surface area contributed by atoms with Crippen molar-refractivity contribution in [3.8, 4) is 6.07 Å². The fourth-order valence-electron chi connectivity index (χ4n) is 1.27. The molecule has 0 saturated heterocycles. The van der Waals surface area contributed by atoms with Crippen LogP contribution >= 0.6 is 0 Å². The first-order valence-electron chi connectivity index (χ1n) is 5.19. The summed E-state index contributed by atoms with van der Waals surface area (Å²) in [5.74, 6) is -0.568. The molecular weight excluding hydrogens is 254 g/mol. The molecule has 0 saturated carbocycles. The van der Waals surface area contributed by atoms with Gasteiger partial charge in [0.1, 0.15) is 0 Å². The number of hydrogen-bond donors (Lipinski definition) is 2. The third-order valence-electron chi connectivity index (χ3n) is 2.18. The zero-order chi connectivity index (χ0) is 13.6. The van der Waals surface area contributed by atoms with Crippen LogP contribution in [0.25, 0.3) is 0 Å². The van der Waals surface area contributed by atoms with Crippen LogP contribution in [0.15, 0.2) is 29.2 Å². The van der Waals surface area contributed by atoms with Gasteiger partial charge in [0.15, 0.2) is 0 Å². The quantitative estimate of drug-likeness (QED) is 0.749. The summed E-state index contributed by atoms with van der Waals surface area (Å²) in [6.45, 7) is -0.0301. The molecule has 0 bridgehead atoms. The van der Waals surface area contributed by atoms with Gasteiger partial charge in [-0.05, 0) is 17.7 Å². The Kier molecular flexibility index (Phi) is 4.83. The predicted octanol–water partition coefficient (Wildman–Crippen LogP) is -0.0936. The lowest BCUT2D eigenvalue weighted by molar-refractivity contribution is -0.117. The monoisotopic (exact) mass is 267 g/mol. The number of primary amides is 1. The number of nitrogens with two attached hydrogens (primary N) is 1. The number of nitrogens with zero attached hydrogens (tertiary/aromatic N) is 1. The summed E-state index contributed by atoms with van der Waals surface area (Å²) in [5, 5.41) is 8.49. The third-order valence-corrected chi connectivity index (χ3v) is 3.66. The van der Waals surface area contributed by atoms with Crippen LogP contribution in [0.4, 0.5) is 0 Å². The van der Waals surface area contributed by atoms with Gasteiger partial charge in [-0.1, -0.05) is 12.1 Å². The minimum Gasteiger partial charge on any atom is -0.370 e. The number of carbonyl (C=O) groups is 1. The maximum atomic E-state index is 11.8. The topological polar surface area (TPSA) is 113 Å². The Hall–Kier alpha value is -1.91. The Morgan fingerprint density at radius 2 is 1.94 bits per heavy atom. The second kappa shape index (κ2) is 6.14. The standard InChI is InChI=1S/C11H13N3O3S/c12-7-5-9-1-3-10(4-2-9)18(16,17)14-8-6-11(13)15/h1-4,14H,5-6,8H2,(H2,13,15). The number of nitriles is 1. The molecule has 1 amide bonds. The molecule has 0 atom stereocenters. The lowest BCUT2D eigenvalue weighted by Crippen LogP contribution is -2.28. The van der Waals surface area contributed by atoms with E-state index < -0.39 is 15.9 Å². The van der Waals surface area contributed by atoms with Gasteiger partial charge >= 0.3 is 0 Å². The number of benzene rings is 1. The number of sulfonamides is 1. The first-order valence-corrected chi connectivity index (χ1v) is 6.68. The molecule has 1 rings (SSSR count). The van der Waals surface area contributed by atoms with Gasteiger partial charge in [-0.2, -0.15) is 5.26 Å². The van der Waals surface area contributed by atoms with E-state index in [-0.39, 0.29) is 24.3 Å². The van der Waals surface area contributed by atoms with Crippen molar-refractivity contribution < 1.29 is 13.2 Å². The first kappa shape index (κ1) is 14.2. The maximum absolute atomic E-state index is 11.8. The van der Waals surface area contributed by atoms with Crippen LogP contribution in [-0.4, -0.2) is 20.9 Å². The molecular formula is C11H13N3O3S. The predicted molar refractivity (Wildman–Crippen MR) is 64.8 cm³/mol. The van der Waals surface area contributed by atoms with Gasteiger partial charge in [-0.15, -0.1) is 0 Å². The second-order valence-electron chi connectivity index (χ2n) is 3.59. The smallest absolute Gasteiger partial charge is 0.240 e. The summed E-state index contributed by atoms with van der Waals surface area (Å²) in [5.41, 5.74) is 5.65. The van der Waals surface area contributed by atoms with E-state index in [1.165, 1.54) is 12.1 Å². The number of nitrogens with one attached hydrogen (secondary N) is 1. The first-order chi connectivity index (χ1) is 8.45. The summed E-state index contributed by atoms with van der Waals surface area (Å²) in [6, 6.07) is 7.95. The molecule has 0 aliphatic carbocycles. The largest absolute Gasteiger partial charge is 0.370 e. The molecule has 0 heterocycles. The molecule has 0 spiro atoms. The molecule has 0 unspecified atom stereocenters. The fourth-order valence-corrected chi connectivity index (χ4v) is 2.30. The van der Waals surface area contributed by atoms with E-state index in [9.17, 15) is 13.2 Å². The average Bonchev–Trinajstić information content (AvgIpc) is 2.29. The maximum Gasteiger partial charge on any atom is 0.240 e. The van der Waals surface area contributed by atoms with E-state index in [1.54, 1.807) is 12.1 Å². The van der Waals surface area contributed by atoms with Crippen LogP contribution in [0.2, 0.25) is 0 Å². The van der Waals surface area contributed by atoms with E-state index >= 15 is 0 Å². The average molecular weight is 267 g/mol. The van der Waals surface area contributed by atoms with Crippen molar-refractivity contribution in [1.29, 1.82) is 5.26 Å². The fraction of sp³-hybridized carbons (Fsp3) is 0.273. The summed E-state index contributed by atoms with van der Waals surface area (Å²) in [6.07, 6.45) is 0.182. The second-order valence-corrected chi connectivity index (χ2v) is 5.36. The summed E-state index contributed by atoms with van der Waals surface area (Å²) in [4.78, 5) is 10.6. The van der Waals surface area contributed by atoms with E-state index in [2.05, 4.69) is 4.72 Å². The summed E-state index contributed by atoms with van der Waals surface area (Å²) >= 11 is 0. The van der Waals surface area contributed by atoms with Gasteiger partial charge in [0.05, 0.1) is 17.4 Å². The molecule has 1 aromatic rings. The molecule has 1 aromatic carbocycles. The Morgan fingerprint density at radius 1 is 1.33 bits per heavy atom. The Morgan fingerprint density at radius 3 is 2.44 bits per heavy atom. The van der Waals surface area contributed by atoms with Crippen LogP contribution in [0.3, 0.4) is 0 Å². The van der Waals surface area contributed by atoms with Crippen molar-refractivity contribution in [1.82, 2.24) is 4.72 Å². The Bertz CT molecular complexity index is 558. The number of rotatable bonds is 6. The molecule has 0 aliphatic heterocycles. The Balaban J connectivity index is 2.73. The molecule has 96 valence electrons. The zero-order valence-corrected chi connectivity index (χ0v) is 10.4. The van der Waals surface area contributed by atoms with E-state index in [0.29, 0.717) is 0 Å². The molecule has 18 heavy (non-hydrogen) atoms. The van der Waals surface area contributed by atoms with Crippen LogP contribution in [0.5, 0.6) is 0 Å². The SMILES string of the molecule is N#CCc1ccc(S(=O)(=O)NCCC(N)=O)cc1. The van der Waals surface area contributed by atoms with Gasteiger partial charge < -0.3 is 5.73 Å². The van der Waals surface area contributed by atoms with Crippen molar-refractivity contribution in [2.24, 2.45) is 5.73 Å². The van der Waals surface area contributed by atoms with Crippen LogP contribution in [0, 0.1) is 11.3 Å². The van der Waals surface area contributed by atoms with E-state index in [0.717, 1.165) is 5.56 Å². The van der Waals surface area contributed by atoms with Gasteiger partial charge in [-0.25, -0.2) is 13.1 Å². The lowest BCUT2D eigenvalue weighted by atomic mass is 10.2. The van der Waals surface area contributed by atoms with Crippen molar-refractivity contribution in [3.63, 3.8) is 0 Å². The highest BCUT2D eigenvalue weighted by Crippen LogP contribution is 2.10. The minimum atomic E-state index is -3.63. The van der Waals surface area contributed by atoms with Crippen molar-refractivity contribution in [2.75, 3.05) is 6.54 Å². The number of carbonyl (C=O) groups excluding carboxylic acids is 1. The van der Waals surface area contributed by atoms with Crippen LogP contribution < -0.4 is 10.5 Å². The summed E-state index contributed by atoms with van der Waals surface area (Å²) in [7, 11) is -3.63. The lowest BCUT2D eigenvalue weighted by Gasteiger charge is -2.06. The molecule has 0 fully saturated rings. The van der Waals surface area contributed by atoms with Crippen LogP contribution in [-0.2, 0) is 21.2 Å². The number of hydrogen-bond acceptors (Lipinski definition) is 4. The van der Waals surface area contributed by atoms with Gasteiger partial charge in [-0.3, -0.25) is 4.79 Å². The molecule has 7 heteroatoms. The highest BCUT2D eigenvalue weighted by Gasteiger charge is 2.13. The molecule has 3 N–H and O–H groups in total. The summed E-state index contributed by atoms with van der Waals surface area (Å²) < 4.78 is 25.8. The van der Waals surface area contributed by atoms with Gasteiger partial charge in [0.25, 0.3) is 0 Å². The van der Waals surface area contributed by atoms with Gasteiger partial charge in [0.2, 0.25) is 15.9 Å². The number of amides is 1. The normalized spacial score (nSPS) is 10.8. The molecule has 0 radical (unpaired) electrons. The van der Waals surface area contributed by atoms with Crippen molar-refractivity contribution in [3.05, 3.63) is 29.8 Å². The molecule has 0 aliphatic rings. The van der Waals surface area contributed by atoms with Crippen LogP contribution in [0.1, 0.15) is 12.0 Å². The minimum absolute atomic E-state index is 0.0301. The Labute approximate surface area is 105 Å². The van der Waals surface area contributed by atoms with Crippen molar-refractivity contribution >= 4 is 15.9 Å². The molecule has 6 nitrogen and oxygen atoms in total. The molecule has 0 aromatic heterocycles. The zero-order valence-electron chi connectivity index (χ0n) is 9.59. The highest BCUT2D eigenvalue weighted by atomic mass is 32.2. The third kappa shape index (κ3) is 4.16. The van der Waals surface area contributed by atoms with E-state index in [1.807, 2.05) is 6.07 Å². The highest BCUT2D eigenvalue weighted by molar-refractivity contribution is 7.89.